The zero-order valence-electron chi connectivity index (χ0n) is 13.1. The number of fused-ring (bicyclic) bond motifs is 1. The molecule has 120 valence electrons. The summed E-state index contributed by atoms with van der Waals surface area (Å²) >= 11 is 0. The van der Waals surface area contributed by atoms with E-state index in [-0.39, 0.29) is 11.7 Å². The number of hydrogen-bond donors (Lipinski definition) is 1. The van der Waals surface area contributed by atoms with Crippen molar-refractivity contribution >= 4 is 11.6 Å². The van der Waals surface area contributed by atoms with Crippen molar-refractivity contribution < 1.29 is 9.18 Å². The maximum atomic E-state index is 12.8. The van der Waals surface area contributed by atoms with Crippen LogP contribution in [0.1, 0.15) is 19.3 Å². The number of carbonyl (C=O) groups excluding carboxylic acids is 1. The van der Waals surface area contributed by atoms with Crippen molar-refractivity contribution in [2.24, 2.45) is 5.92 Å². The van der Waals surface area contributed by atoms with E-state index in [2.05, 4.69) is 22.2 Å². The lowest BCUT2D eigenvalue weighted by atomic mass is 9.92. The van der Waals surface area contributed by atoms with Crippen LogP contribution in [0, 0.1) is 11.7 Å². The number of amides is 1. The summed E-state index contributed by atoms with van der Waals surface area (Å²) in [5.41, 5.74) is 0.656. The van der Waals surface area contributed by atoms with Crippen molar-refractivity contribution in [1.82, 2.24) is 9.80 Å². The van der Waals surface area contributed by atoms with Crippen molar-refractivity contribution in [3.05, 3.63) is 30.1 Å². The molecule has 2 fully saturated rings. The van der Waals surface area contributed by atoms with Crippen molar-refractivity contribution in [3.8, 4) is 0 Å². The molecule has 2 atom stereocenters. The first-order valence-corrected chi connectivity index (χ1v) is 8.10. The summed E-state index contributed by atoms with van der Waals surface area (Å²) in [4.78, 5) is 16.9. The average molecular weight is 305 g/mol. The molecule has 4 nitrogen and oxygen atoms in total. The third kappa shape index (κ3) is 3.65. The lowest BCUT2D eigenvalue weighted by molar-refractivity contribution is -0.116. The molecule has 0 saturated carbocycles. The van der Waals surface area contributed by atoms with Gasteiger partial charge in [-0.25, -0.2) is 4.39 Å². The van der Waals surface area contributed by atoms with Crippen LogP contribution in [0.4, 0.5) is 10.1 Å². The molecule has 22 heavy (non-hydrogen) atoms. The number of halogens is 1. The molecule has 0 radical (unpaired) electrons. The first kappa shape index (κ1) is 15.4. The number of benzene rings is 1. The number of hydrogen-bond acceptors (Lipinski definition) is 3. The van der Waals surface area contributed by atoms with Gasteiger partial charge >= 0.3 is 0 Å². The van der Waals surface area contributed by atoms with Gasteiger partial charge in [-0.1, -0.05) is 0 Å². The molecular formula is C17H24FN3O. The molecule has 0 spiro atoms. The van der Waals surface area contributed by atoms with Gasteiger partial charge < -0.3 is 10.2 Å². The molecular weight excluding hydrogens is 281 g/mol. The molecule has 3 rings (SSSR count). The summed E-state index contributed by atoms with van der Waals surface area (Å²) in [6.07, 6.45) is 3.03. The summed E-state index contributed by atoms with van der Waals surface area (Å²) in [6, 6.07) is 6.51. The highest BCUT2D eigenvalue weighted by atomic mass is 19.1. The quantitative estimate of drug-likeness (QED) is 0.926. The minimum absolute atomic E-state index is 0.000720. The number of nitrogens with zero attached hydrogens (tertiary/aromatic N) is 2. The van der Waals surface area contributed by atoms with Crippen LogP contribution in [-0.4, -0.2) is 55.0 Å². The third-order valence-corrected chi connectivity index (χ3v) is 4.93. The number of carbonyl (C=O) groups is 1. The Kier molecular flexibility index (Phi) is 4.74. The average Bonchev–Trinajstić information content (AvgIpc) is 2.90. The van der Waals surface area contributed by atoms with Crippen LogP contribution in [0.2, 0.25) is 0 Å². The molecule has 1 aromatic carbocycles. The molecule has 0 aliphatic carbocycles. The highest BCUT2D eigenvalue weighted by molar-refractivity contribution is 5.90. The van der Waals surface area contributed by atoms with E-state index < -0.39 is 0 Å². The molecule has 0 bridgehead atoms. The van der Waals surface area contributed by atoms with Gasteiger partial charge in [0, 0.05) is 31.2 Å². The third-order valence-electron chi connectivity index (χ3n) is 4.93. The zero-order valence-corrected chi connectivity index (χ0v) is 13.1. The van der Waals surface area contributed by atoms with Crippen LogP contribution in [0.5, 0.6) is 0 Å². The second kappa shape index (κ2) is 6.75. The number of nitrogens with one attached hydrogen (secondary N) is 1. The second-order valence-electron chi connectivity index (χ2n) is 6.51. The molecule has 2 aliphatic heterocycles. The summed E-state index contributed by atoms with van der Waals surface area (Å²) in [5, 5.41) is 2.83. The molecule has 5 heteroatoms. The van der Waals surface area contributed by atoms with E-state index in [4.69, 9.17) is 0 Å². The van der Waals surface area contributed by atoms with Gasteiger partial charge in [0.25, 0.3) is 0 Å². The van der Waals surface area contributed by atoms with Crippen LogP contribution >= 0.6 is 0 Å². The normalized spacial score (nSPS) is 25.9. The van der Waals surface area contributed by atoms with Gasteiger partial charge in [-0.3, -0.25) is 9.69 Å². The summed E-state index contributed by atoms with van der Waals surface area (Å²) in [7, 11) is 2.17. The molecule has 2 heterocycles. The molecule has 2 unspecified atom stereocenters. The van der Waals surface area contributed by atoms with Gasteiger partial charge in [0.2, 0.25) is 5.91 Å². The number of piperidine rings is 1. The summed E-state index contributed by atoms with van der Waals surface area (Å²) < 4.78 is 12.8. The Balaban J connectivity index is 1.47. The predicted octanol–water partition coefficient (Wildman–Crippen LogP) is 2.18. The predicted molar refractivity (Wildman–Crippen MR) is 85.2 cm³/mol. The van der Waals surface area contributed by atoms with Crippen LogP contribution in [0.15, 0.2) is 24.3 Å². The van der Waals surface area contributed by atoms with Crippen molar-refractivity contribution in [2.75, 3.05) is 38.5 Å². The molecule has 2 saturated heterocycles. The largest absolute Gasteiger partial charge is 0.326 e. The lowest BCUT2D eigenvalue weighted by Gasteiger charge is -2.36. The van der Waals surface area contributed by atoms with Gasteiger partial charge in [-0.2, -0.15) is 0 Å². The van der Waals surface area contributed by atoms with Crippen LogP contribution in [-0.2, 0) is 4.79 Å². The fourth-order valence-corrected chi connectivity index (χ4v) is 3.67. The van der Waals surface area contributed by atoms with E-state index in [1.54, 1.807) is 12.1 Å². The first-order chi connectivity index (χ1) is 10.6. The standard InChI is InChI=1S/C17H24FN3O/c1-20-9-6-13-7-10-21(16(13)12-20)11-8-17(22)19-15-4-2-14(18)3-5-15/h2-5,13,16H,6-12H2,1H3,(H,19,22). The minimum atomic E-state index is -0.289. The number of anilines is 1. The Morgan fingerprint density at radius 1 is 1.27 bits per heavy atom. The van der Waals surface area contributed by atoms with Gasteiger partial charge in [-0.05, 0) is 63.2 Å². The van der Waals surface area contributed by atoms with Crippen molar-refractivity contribution in [1.29, 1.82) is 0 Å². The Hall–Kier alpha value is -1.46. The maximum Gasteiger partial charge on any atom is 0.225 e. The highest BCUT2D eigenvalue weighted by Crippen LogP contribution is 2.31. The highest BCUT2D eigenvalue weighted by Gasteiger charge is 2.37. The summed E-state index contributed by atoms with van der Waals surface area (Å²) in [5.74, 6) is 0.512. The van der Waals surface area contributed by atoms with Crippen LogP contribution < -0.4 is 5.32 Å². The van der Waals surface area contributed by atoms with Gasteiger partial charge in [-0.15, -0.1) is 0 Å². The minimum Gasteiger partial charge on any atom is -0.326 e. The molecule has 1 aromatic rings. The Labute approximate surface area is 131 Å². The van der Waals surface area contributed by atoms with Crippen LogP contribution in [0.3, 0.4) is 0 Å². The van der Waals surface area contributed by atoms with Crippen LogP contribution in [0.25, 0.3) is 0 Å². The maximum absolute atomic E-state index is 12.8. The Morgan fingerprint density at radius 2 is 2.00 bits per heavy atom. The number of likely N-dealkylation sites (N-methyl/N-ethyl adjacent to an activating group) is 1. The lowest BCUT2D eigenvalue weighted by Crippen LogP contribution is -2.47. The van der Waals surface area contributed by atoms with E-state index in [1.807, 2.05) is 0 Å². The van der Waals surface area contributed by atoms with Crippen molar-refractivity contribution in [2.45, 2.75) is 25.3 Å². The van der Waals surface area contributed by atoms with E-state index in [1.165, 1.54) is 31.5 Å². The number of likely N-dealkylation sites (tertiary alicyclic amines) is 2. The summed E-state index contributed by atoms with van der Waals surface area (Å²) in [6.45, 7) is 4.22. The van der Waals surface area contributed by atoms with E-state index in [0.717, 1.165) is 25.6 Å². The smallest absolute Gasteiger partial charge is 0.225 e. The fraction of sp³-hybridized carbons (Fsp3) is 0.588. The van der Waals surface area contributed by atoms with E-state index >= 15 is 0 Å². The van der Waals surface area contributed by atoms with Gasteiger partial charge in [0.05, 0.1) is 0 Å². The van der Waals surface area contributed by atoms with Crippen molar-refractivity contribution in [3.63, 3.8) is 0 Å². The van der Waals surface area contributed by atoms with Gasteiger partial charge in [0.15, 0.2) is 0 Å². The zero-order chi connectivity index (χ0) is 15.5. The molecule has 0 aromatic heterocycles. The Morgan fingerprint density at radius 3 is 2.77 bits per heavy atom. The molecule has 1 N–H and O–H groups in total. The van der Waals surface area contributed by atoms with E-state index in [9.17, 15) is 9.18 Å². The Bertz CT molecular complexity index is 519. The second-order valence-corrected chi connectivity index (χ2v) is 6.51. The fourth-order valence-electron chi connectivity index (χ4n) is 3.67. The first-order valence-electron chi connectivity index (χ1n) is 8.10. The monoisotopic (exact) mass is 305 g/mol. The topological polar surface area (TPSA) is 35.6 Å². The molecule has 1 amide bonds. The molecule has 2 aliphatic rings. The van der Waals surface area contributed by atoms with E-state index in [0.29, 0.717) is 18.2 Å². The number of rotatable bonds is 4. The van der Waals surface area contributed by atoms with Gasteiger partial charge in [0.1, 0.15) is 5.82 Å². The SMILES string of the molecule is CN1CCC2CCN(CCC(=O)Nc3ccc(F)cc3)C2C1.